The maximum Gasteiger partial charge on any atom is 0.151 e. The highest BCUT2D eigenvalue weighted by molar-refractivity contribution is 6.33. The van der Waals surface area contributed by atoms with Crippen LogP contribution in [0.25, 0.3) is 11.3 Å². The van der Waals surface area contributed by atoms with E-state index in [0.29, 0.717) is 22.2 Å². The Labute approximate surface area is 200 Å². The summed E-state index contributed by atoms with van der Waals surface area (Å²) >= 11 is 6.22. The van der Waals surface area contributed by atoms with Crippen LogP contribution in [0.4, 0.5) is 10.2 Å². The lowest BCUT2D eigenvalue weighted by atomic mass is 9.49. The van der Waals surface area contributed by atoms with Crippen molar-refractivity contribution in [1.82, 2.24) is 15.1 Å². The Balaban J connectivity index is 1.05. The molecule has 2 aromatic rings. The topological polar surface area (TPSA) is 32.3 Å². The third-order valence-electron chi connectivity index (χ3n) is 9.50. The van der Waals surface area contributed by atoms with Crippen molar-refractivity contribution in [2.24, 2.45) is 29.1 Å². The van der Waals surface area contributed by atoms with Crippen molar-refractivity contribution in [1.29, 1.82) is 0 Å². The monoisotopic (exact) mass is 466 g/mol. The number of fused-ring (bicyclic) bond motifs is 1. The van der Waals surface area contributed by atoms with Gasteiger partial charge in [-0.25, -0.2) is 4.39 Å². The van der Waals surface area contributed by atoms with E-state index in [2.05, 4.69) is 26.1 Å². The molecule has 1 aromatic carbocycles. The molecule has 0 amide bonds. The Kier molecular flexibility index (Phi) is 4.78. The van der Waals surface area contributed by atoms with E-state index in [4.69, 9.17) is 11.6 Å². The highest BCUT2D eigenvalue weighted by Gasteiger charge is 2.52. The van der Waals surface area contributed by atoms with Crippen LogP contribution in [0.3, 0.4) is 0 Å². The van der Waals surface area contributed by atoms with Crippen molar-refractivity contribution in [2.45, 2.75) is 51.0 Å². The van der Waals surface area contributed by atoms with Crippen molar-refractivity contribution in [3.8, 4) is 11.3 Å². The number of anilines is 1. The molecule has 6 heteroatoms. The number of aromatic nitrogens is 2. The van der Waals surface area contributed by atoms with Crippen LogP contribution < -0.4 is 4.90 Å². The summed E-state index contributed by atoms with van der Waals surface area (Å²) in [6, 6.07) is 9.00. The van der Waals surface area contributed by atoms with Crippen LogP contribution in [0.2, 0.25) is 5.02 Å². The Bertz CT molecular complexity index is 1020. The Morgan fingerprint density at radius 3 is 2.39 bits per heavy atom. The van der Waals surface area contributed by atoms with Crippen molar-refractivity contribution < 1.29 is 4.39 Å². The maximum absolute atomic E-state index is 13.4. The normalized spacial score (nSPS) is 37.2. The van der Waals surface area contributed by atoms with Crippen LogP contribution in [0.5, 0.6) is 0 Å². The molecule has 0 radical (unpaired) electrons. The van der Waals surface area contributed by atoms with Gasteiger partial charge in [0.25, 0.3) is 0 Å². The molecule has 6 aliphatic rings. The van der Waals surface area contributed by atoms with E-state index < -0.39 is 0 Å². The van der Waals surface area contributed by atoms with Gasteiger partial charge in [-0.3, -0.25) is 0 Å². The molecule has 4 saturated carbocycles. The summed E-state index contributed by atoms with van der Waals surface area (Å²) in [5, 5.41) is 9.39. The van der Waals surface area contributed by atoms with Crippen LogP contribution in [0, 0.1) is 34.9 Å². The van der Waals surface area contributed by atoms with E-state index in [0.717, 1.165) is 41.6 Å². The maximum atomic E-state index is 13.4. The second-order valence-corrected chi connectivity index (χ2v) is 12.2. The van der Waals surface area contributed by atoms with Gasteiger partial charge in [-0.05, 0) is 104 Å². The van der Waals surface area contributed by atoms with E-state index in [1.54, 1.807) is 6.07 Å². The molecule has 0 N–H and O–H groups in total. The first-order chi connectivity index (χ1) is 16.0. The fourth-order valence-electron chi connectivity index (χ4n) is 8.74. The standard InChI is InChI=1S/C27H32ClFN4/c28-23-10-21(29)1-2-22(23)24-3-4-26(31-30-24)33-6-5-20-14-32(15-25(20)33)16-27-11-17-7-18(12-27)9-19(8-17)13-27/h1-4,10,17-20,25H,5-9,11-16H2. The van der Waals surface area contributed by atoms with Crippen LogP contribution >= 0.6 is 11.6 Å². The predicted octanol–water partition coefficient (Wildman–Crippen LogP) is 5.66. The number of hydrogen-bond acceptors (Lipinski definition) is 4. The first-order valence-electron chi connectivity index (χ1n) is 12.8. The Morgan fingerprint density at radius 2 is 1.73 bits per heavy atom. The second-order valence-electron chi connectivity index (χ2n) is 11.8. The smallest absolute Gasteiger partial charge is 0.151 e. The van der Waals surface area contributed by atoms with Crippen molar-refractivity contribution in [2.75, 3.05) is 31.1 Å². The van der Waals surface area contributed by atoms with E-state index in [-0.39, 0.29) is 5.82 Å². The third-order valence-corrected chi connectivity index (χ3v) is 9.81. The van der Waals surface area contributed by atoms with Gasteiger partial charge in [-0.1, -0.05) is 11.6 Å². The van der Waals surface area contributed by atoms with Crippen LogP contribution in [0.1, 0.15) is 44.9 Å². The van der Waals surface area contributed by atoms with Gasteiger partial charge in [0.2, 0.25) is 0 Å². The largest absolute Gasteiger partial charge is 0.351 e. The predicted molar refractivity (Wildman–Crippen MR) is 129 cm³/mol. The number of likely N-dealkylation sites (tertiary alicyclic amines) is 1. The van der Waals surface area contributed by atoms with E-state index in [1.165, 1.54) is 76.7 Å². The minimum absolute atomic E-state index is 0.337. The molecule has 2 atom stereocenters. The summed E-state index contributed by atoms with van der Waals surface area (Å²) in [6.07, 6.45) is 10.3. The lowest BCUT2D eigenvalue weighted by molar-refractivity contribution is -0.0670. The molecule has 174 valence electrons. The van der Waals surface area contributed by atoms with Crippen molar-refractivity contribution in [3.05, 3.63) is 41.2 Å². The fourth-order valence-corrected chi connectivity index (χ4v) is 9.00. The summed E-state index contributed by atoms with van der Waals surface area (Å²) < 4.78 is 13.4. The van der Waals surface area contributed by atoms with Gasteiger partial charge in [0.1, 0.15) is 5.82 Å². The zero-order chi connectivity index (χ0) is 22.2. The van der Waals surface area contributed by atoms with Gasteiger partial charge in [-0.15, -0.1) is 10.2 Å². The van der Waals surface area contributed by atoms with Crippen molar-refractivity contribution >= 4 is 17.4 Å². The number of rotatable bonds is 4. The number of hydrogen-bond donors (Lipinski definition) is 0. The quantitative estimate of drug-likeness (QED) is 0.581. The minimum Gasteiger partial charge on any atom is -0.351 e. The summed E-state index contributed by atoms with van der Waals surface area (Å²) in [5.41, 5.74) is 2.03. The number of nitrogens with zero attached hydrogens (tertiary/aromatic N) is 4. The van der Waals surface area contributed by atoms with E-state index in [9.17, 15) is 4.39 Å². The first kappa shape index (κ1) is 20.6. The molecular weight excluding hydrogens is 435 g/mol. The highest BCUT2D eigenvalue weighted by Crippen LogP contribution is 2.60. The molecule has 2 unspecified atom stereocenters. The average molecular weight is 467 g/mol. The molecule has 8 rings (SSSR count). The summed E-state index contributed by atoms with van der Waals surface area (Å²) in [4.78, 5) is 5.28. The first-order valence-corrected chi connectivity index (χ1v) is 13.2. The molecule has 2 saturated heterocycles. The second kappa shape index (κ2) is 7.64. The molecule has 0 spiro atoms. The lowest BCUT2D eigenvalue weighted by Crippen LogP contribution is -2.51. The van der Waals surface area contributed by atoms with Gasteiger partial charge < -0.3 is 9.80 Å². The number of benzene rings is 1. The average Bonchev–Trinajstić information content (AvgIpc) is 3.33. The van der Waals surface area contributed by atoms with Crippen LogP contribution in [-0.2, 0) is 0 Å². The zero-order valence-electron chi connectivity index (χ0n) is 19.1. The van der Waals surface area contributed by atoms with Gasteiger partial charge in [0, 0.05) is 37.8 Å². The molecule has 4 aliphatic carbocycles. The van der Waals surface area contributed by atoms with Gasteiger partial charge in [0.05, 0.1) is 10.7 Å². The Hall–Kier alpha value is -1.72. The third kappa shape index (κ3) is 3.58. The summed E-state index contributed by atoms with van der Waals surface area (Å²) in [7, 11) is 0. The van der Waals surface area contributed by atoms with Crippen LogP contribution in [0.15, 0.2) is 30.3 Å². The summed E-state index contributed by atoms with van der Waals surface area (Å²) in [6.45, 7) is 4.80. The molecule has 4 bridgehead atoms. The van der Waals surface area contributed by atoms with Gasteiger partial charge in [-0.2, -0.15) is 0 Å². The molecule has 2 aliphatic heterocycles. The van der Waals surface area contributed by atoms with Gasteiger partial charge in [0.15, 0.2) is 5.82 Å². The molecular formula is C27H32ClFN4. The van der Waals surface area contributed by atoms with Gasteiger partial charge >= 0.3 is 0 Å². The SMILES string of the molecule is Fc1ccc(-c2ccc(N3CCC4CN(CC56CC7CC(CC(C7)C5)C6)CC43)nn2)c(Cl)c1. The lowest BCUT2D eigenvalue weighted by Gasteiger charge is -2.57. The number of halogens is 2. The molecule has 33 heavy (non-hydrogen) atoms. The fraction of sp³-hybridized carbons (Fsp3) is 0.630. The molecule has 6 fully saturated rings. The zero-order valence-corrected chi connectivity index (χ0v) is 19.9. The van der Waals surface area contributed by atoms with Crippen LogP contribution in [-0.4, -0.2) is 47.3 Å². The molecule has 4 nitrogen and oxygen atoms in total. The highest BCUT2D eigenvalue weighted by atomic mass is 35.5. The molecule has 3 heterocycles. The molecule has 1 aromatic heterocycles. The minimum atomic E-state index is -0.337. The Morgan fingerprint density at radius 1 is 0.970 bits per heavy atom. The van der Waals surface area contributed by atoms with E-state index >= 15 is 0 Å². The van der Waals surface area contributed by atoms with E-state index in [1.807, 2.05) is 6.07 Å². The summed E-state index contributed by atoms with van der Waals surface area (Å²) in [5.74, 6) is 4.44. The van der Waals surface area contributed by atoms with Crippen molar-refractivity contribution in [3.63, 3.8) is 0 Å².